The van der Waals surface area contributed by atoms with Gasteiger partial charge in [0.25, 0.3) is 11.8 Å². The molecule has 3 rings (SSSR count). The molecule has 0 saturated carbocycles. The number of nitrogens with zero attached hydrogens (tertiary/aromatic N) is 2. The number of nitrogens with one attached hydrogen (secondary N) is 1. The van der Waals surface area contributed by atoms with Gasteiger partial charge >= 0.3 is 0 Å². The van der Waals surface area contributed by atoms with Crippen LogP contribution in [0.1, 0.15) is 33.9 Å². The van der Waals surface area contributed by atoms with Crippen LogP contribution in [0.4, 0.5) is 0 Å². The number of halogens is 1. The Morgan fingerprint density at radius 2 is 1.84 bits per heavy atom. The minimum Gasteiger partial charge on any atom is -0.268 e. The first kappa shape index (κ1) is 16.7. The van der Waals surface area contributed by atoms with Gasteiger partial charge in [0.15, 0.2) is 0 Å². The second kappa shape index (κ2) is 6.80. The Bertz CT molecular complexity index is 882. The first-order valence-corrected chi connectivity index (χ1v) is 7.95. The van der Waals surface area contributed by atoms with Gasteiger partial charge in [-0.15, -0.1) is 0 Å². The van der Waals surface area contributed by atoms with Crippen LogP contribution in [0.3, 0.4) is 0 Å². The molecule has 0 aromatic heterocycles. The maximum absolute atomic E-state index is 12.4. The van der Waals surface area contributed by atoms with E-state index >= 15 is 0 Å². The highest BCUT2D eigenvalue weighted by molar-refractivity contribution is 6.30. The third-order valence-electron chi connectivity index (χ3n) is 4.03. The van der Waals surface area contributed by atoms with Crippen LogP contribution in [0.5, 0.6) is 0 Å². The van der Waals surface area contributed by atoms with E-state index in [0.717, 1.165) is 5.56 Å². The normalized spacial score (nSPS) is 16.6. The summed E-state index contributed by atoms with van der Waals surface area (Å²) in [5, 5.41) is 10.7. The van der Waals surface area contributed by atoms with Crippen molar-refractivity contribution in [1.82, 2.24) is 10.4 Å². The van der Waals surface area contributed by atoms with Crippen LogP contribution < -0.4 is 5.43 Å². The lowest BCUT2D eigenvalue weighted by Gasteiger charge is -2.25. The molecule has 1 saturated heterocycles. The van der Waals surface area contributed by atoms with Gasteiger partial charge in [-0.25, -0.2) is 5.01 Å². The second-order valence-electron chi connectivity index (χ2n) is 5.68. The van der Waals surface area contributed by atoms with Crippen LogP contribution in [0, 0.1) is 11.3 Å². The van der Waals surface area contributed by atoms with E-state index in [4.69, 9.17) is 16.9 Å². The zero-order valence-electron chi connectivity index (χ0n) is 13.2. The molecule has 6 heteroatoms. The van der Waals surface area contributed by atoms with E-state index in [-0.39, 0.29) is 11.9 Å². The van der Waals surface area contributed by atoms with Crippen molar-refractivity contribution in [3.05, 3.63) is 82.4 Å². The molecule has 0 aliphatic carbocycles. The molecule has 1 fully saturated rings. The first-order chi connectivity index (χ1) is 12.0. The summed E-state index contributed by atoms with van der Waals surface area (Å²) in [6.07, 6.45) is 0.408. The van der Waals surface area contributed by atoms with E-state index in [1.54, 1.807) is 48.5 Å². The van der Waals surface area contributed by atoms with Gasteiger partial charge in [0.1, 0.15) is 0 Å². The maximum Gasteiger partial charge on any atom is 0.269 e. The third kappa shape index (κ3) is 3.39. The Morgan fingerprint density at radius 3 is 2.44 bits per heavy atom. The van der Waals surface area contributed by atoms with Crippen molar-refractivity contribution in [2.45, 2.75) is 12.5 Å². The lowest BCUT2D eigenvalue weighted by molar-refractivity contribution is -0.128. The summed E-state index contributed by atoms with van der Waals surface area (Å²) in [5.74, 6) is -0.727. The van der Waals surface area contributed by atoms with Crippen molar-refractivity contribution < 1.29 is 9.59 Å². The molecule has 1 heterocycles. The summed E-state index contributed by atoms with van der Waals surface area (Å²) in [4.78, 5) is 24.8. The lowest BCUT2D eigenvalue weighted by atomic mass is 10.0. The van der Waals surface area contributed by atoms with Gasteiger partial charge in [-0.2, -0.15) is 5.26 Å². The molecule has 0 bridgehead atoms. The summed E-state index contributed by atoms with van der Waals surface area (Å²) < 4.78 is 0. The number of rotatable bonds is 3. The largest absolute Gasteiger partial charge is 0.269 e. The van der Waals surface area contributed by atoms with Crippen LogP contribution in [0.15, 0.2) is 60.7 Å². The zero-order valence-corrected chi connectivity index (χ0v) is 14.0. The smallest absolute Gasteiger partial charge is 0.268 e. The van der Waals surface area contributed by atoms with E-state index < -0.39 is 5.91 Å². The average Bonchev–Trinajstić information content (AvgIpc) is 2.90. The van der Waals surface area contributed by atoms with Crippen molar-refractivity contribution >= 4 is 23.4 Å². The monoisotopic (exact) mass is 351 g/mol. The molecule has 1 N–H and O–H groups in total. The van der Waals surface area contributed by atoms with E-state index in [1.807, 2.05) is 0 Å². The highest BCUT2D eigenvalue weighted by Gasteiger charge is 2.36. The Kier molecular flexibility index (Phi) is 4.55. The van der Waals surface area contributed by atoms with E-state index in [9.17, 15) is 9.59 Å². The van der Waals surface area contributed by atoms with Crippen molar-refractivity contribution in [3.8, 4) is 6.07 Å². The summed E-state index contributed by atoms with van der Waals surface area (Å²) in [6.45, 7) is 3.77. The molecule has 2 aromatic carbocycles. The van der Waals surface area contributed by atoms with Gasteiger partial charge in [-0.1, -0.05) is 30.3 Å². The van der Waals surface area contributed by atoms with Gasteiger partial charge < -0.3 is 0 Å². The predicted molar refractivity (Wildman–Crippen MR) is 93.4 cm³/mol. The number of carbonyl (C=O) groups is 2. The van der Waals surface area contributed by atoms with Gasteiger partial charge in [-0.05, 0) is 42.0 Å². The molecule has 0 radical (unpaired) electrons. The van der Waals surface area contributed by atoms with Gasteiger partial charge in [0, 0.05) is 22.6 Å². The molecule has 2 amide bonds. The summed E-state index contributed by atoms with van der Waals surface area (Å²) in [5.41, 5.74) is 4.82. The minimum absolute atomic E-state index is 0.323. The molecule has 1 atom stereocenters. The van der Waals surface area contributed by atoms with Crippen molar-refractivity contribution in [1.29, 1.82) is 5.26 Å². The fourth-order valence-electron chi connectivity index (χ4n) is 2.67. The van der Waals surface area contributed by atoms with Crippen LogP contribution >= 0.6 is 11.6 Å². The minimum atomic E-state index is -0.404. The SMILES string of the molecule is C=C1CC(c2ccc(C#N)cc2)N(NC(=O)c2ccc(Cl)cc2)C1=O. The number of nitriles is 1. The molecule has 1 aliphatic rings. The summed E-state index contributed by atoms with van der Waals surface area (Å²) in [6, 6.07) is 15.0. The van der Waals surface area contributed by atoms with Gasteiger partial charge in [0.2, 0.25) is 0 Å². The van der Waals surface area contributed by atoms with Gasteiger partial charge in [0.05, 0.1) is 17.7 Å². The zero-order chi connectivity index (χ0) is 18.0. The van der Waals surface area contributed by atoms with Crippen molar-refractivity contribution in [3.63, 3.8) is 0 Å². The Balaban J connectivity index is 1.84. The van der Waals surface area contributed by atoms with E-state index in [0.29, 0.717) is 28.1 Å². The molecule has 25 heavy (non-hydrogen) atoms. The highest BCUT2D eigenvalue weighted by atomic mass is 35.5. The van der Waals surface area contributed by atoms with E-state index in [1.165, 1.54) is 5.01 Å². The maximum atomic E-state index is 12.4. The highest BCUT2D eigenvalue weighted by Crippen LogP contribution is 2.34. The molecule has 0 spiro atoms. The van der Waals surface area contributed by atoms with Crippen LogP contribution in [0.25, 0.3) is 0 Å². The van der Waals surface area contributed by atoms with Crippen LogP contribution in [0.2, 0.25) is 5.02 Å². The molecular formula is C19H14ClN3O2. The number of benzene rings is 2. The standard InChI is InChI=1S/C19H14ClN3O2/c1-12-10-17(14-4-2-13(11-21)3-5-14)23(19(12)25)22-18(24)15-6-8-16(20)9-7-15/h2-9,17H,1,10H2,(H,22,24). The van der Waals surface area contributed by atoms with E-state index in [2.05, 4.69) is 18.1 Å². The number of hydrazine groups is 1. The Labute approximate surface area is 150 Å². The number of hydrogen-bond donors (Lipinski definition) is 1. The van der Waals surface area contributed by atoms with Crippen LogP contribution in [-0.2, 0) is 4.79 Å². The number of amides is 2. The van der Waals surface area contributed by atoms with Gasteiger partial charge in [-0.3, -0.25) is 15.0 Å². The van der Waals surface area contributed by atoms with Crippen LogP contribution in [-0.4, -0.2) is 16.8 Å². The molecule has 124 valence electrons. The molecular weight excluding hydrogens is 338 g/mol. The Morgan fingerprint density at radius 1 is 1.20 bits per heavy atom. The molecule has 5 nitrogen and oxygen atoms in total. The molecule has 1 aliphatic heterocycles. The molecule has 2 aromatic rings. The fraction of sp³-hybridized carbons (Fsp3) is 0.105. The third-order valence-corrected chi connectivity index (χ3v) is 4.28. The van der Waals surface area contributed by atoms with Crippen molar-refractivity contribution in [2.24, 2.45) is 0 Å². The average molecular weight is 352 g/mol. The topological polar surface area (TPSA) is 73.2 Å². The first-order valence-electron chi connectivity index (χ1n) is 7.57. The second-order valence-corrected chi connectivity index (χ2v) is 6.12. The number of carbonyl (C=O) groups excluding carboxylic acids is 2. The summed E-state index contributed by atoms with van der Waals surface area (Å²) in [7, 11) is 0. The number of hydrogen-bond acceptors (Lipinski definition) is 3. The lowest BCUT2D eigenvalue weighted by Crippen LogP contribution is -2.44. The Hall–Kier alpha value is -3.10. The summed E-state index contributed by atoms with van der Waals surface area (Å²) >= 11 is 5.83. The van der Waals surface area contributed by atoms with Crippen molar-refractivity contribution in [2.75, 3.05) is 0 Å². The fourth-order valence-corrected chi connectivity index (χ4v) is 2.80. The quantitative estimate of drug-likeness (QED) is 0.861. The predicted octanol–water partition coefficient (Wildman–Crippen LogP) is 3.39. The molecule has 1 unspecified atom stereocenters.